The number of nitrogens with zero attached hydrogens (tertiary/aromatic N) is 1. The van der Waals surface area contributed by atoms with E-state index in [-0.39, 0.29) is 23.8 Å². The van der Waals surface area contributed by atoms with Crippen molar-refractivity contribution in [1.29, 1.82) is 0 Å². The molecule has 0 fully saturated rings. The van der Waals surface area contributed by atoms with Gasteiger partial charge in [0.2, 0.25) is 0 Å². The van der Waals surface area contributed by atoms with Crippen molar-refractivity contribution >= 4 is 16.5 Å². The highest BCUT2D eigenvalue weighted by Gasteiger charge is 2.34. The summed E-state index contributed by atoms with van der Waals surface area (Å²) in [7, 11) is 0. The van der Waals surface area contributed by atoms with Crippen LogP contribution in [0.1, 0.15) is 54.5 Å². The van der Waals surface area contributed by atoms with Gasteiger partial charge in [-0.15, -0.1) is 0 Å². The fourth-order valence-corrected chi connectivity index (χ4v) is 4.69. The minimum Gasteiger partial charge on any atom is -0.377 e. The monoisotopic (exact) mass is 441 g/mol. The number of hydrogen-bond donors (Lipinski definition) is 2. The van der Waals surface area contributed by atoms with Gasteiger partial charge in [0.25, 0.3) is 5.56 Å². The van der Waals surface area contributed by atoms with Crippen molar-refractivity contribution in [1.82, 2.24) is 10.2 Å². The predicted octanol–water partition coefficient (Wildman–Crippen LogP) is 5.29. The maximum atomic E-state index is 12.5. The Morgan fingerprint density at radius 3 is 2.30 bits per heavy atom. The third kappa shape index (κ3) is 3.92. The first-order chi connectivity index (χ1) is 16.2. The molecule has 3 aromatic carbocycles. The fourth-order valence-electron chi connectivity index (χ4n) is 4.69. The standard InChI is InChI=1S/C27H27N3O3/c1-3-32-27(33-4-2)19-15-13-17(14-16-19)22-24(18-9-6-5-7-10-18)28-21-12-8-11-20-23(21)25(22)29-30-26(20)31/h5-16,22,24,27-28H,3-4H2,1-2H3,(H,30,31). The summed E-state index contributed by atoms with van der Waals surface area (Å²) in [6.45, 7) is 5.07. The van der Waals surface area contributed by atoms with Gasteiger partial charge in [-0.3, -0.25) is 4.79 Å². The second kappa shape index (κ2) is 9.17. The lowest BCUT2D eigenvalue weighted by molar-refractivity contribution is -0.140. The first-order valence-corrected chi connectivity index (χ1v) is 11.4. The molecule has 1 aliphatic heterocycles. The summed E-state index contributed by atoms with van der Waals surface area (Å²) in [5.74, 6) is -0.0895. The zero-order valence-electron chi connectivity index (χ0n) is 18.7. The Hall–Kier alpha value is -3.48. The van der Waals surface area contributed by atoms with Crippen molar-refractivity contribution in [2.75, 3.05) is 18.5 Å². The van der Waals surface area contributed by atoms with Crippen LogP contribution in [0.5, 0.6) is 0 Å². The Kier molecular flexibility index (Phi) is 5.94. The fraction of sp³-hybridized carbons (Fsp3) is 0.259. The van der Waals surface area contributed by atoms with Gasteiger partial charge < -0.3 is 14.8 Å². The topological polar surface area (TPSA) is 76.2 Å². The highest BCUT2D eigenvalue weighted by molar-refractivity contribution is 5.97. The van der Waals surface area contributed by atoms with Crippen molar-refractivity contribution in [3.8, 4) is 0 Å². The number of aromatic amines is 1. The van der Waals surface area contributed by atoms with Gasteiger partial charge in [0.05, 0.1) is 23.0 Å². The van der Waals surface area contributed by atoms with Crippen LogP contribution in [-0.2, 0) is 9.47 Å². The first-order valence-electron chi connectivity index (χ1n) is 11.4. The van der Waals surface area contributed by atoms with E-state index in [1.54, 1.807) is 0 Å². The summed E-state index contributed by atoms with van der Waals surface area (Å²) < 4.78 is 11.5. The number of anilines is 1. The van der Waals surface area contributed by atoms with Crippen LogP contribution in [0.3, 0.4) is 0 Å². The van der Waals surface area contributed by atoms with Crippen LogP contribution in [0.4, 0.5) is 5.69 Å². The van der Waals surface area contributed by atoms with Crippen molar-refractivity contribution in [3.05, 3.63) is 106 Å². The number of hydrogen-bond acceptors (Lipinski definition) is 5. The van der Waals surface area contributed by atoms with Crippen molar-refractivity contribution in [2.24, 2.45) is 0 Å². The second-order valence-corrected chi connectivity index (χ2v) is 8.09. The van der Waals surface area contributed by atoms with Gasteiger partial charge in [0.15, 0.2) is 6.29 Å². The molecule has 2 heterocycles. The molecule has 5 rings (SSSR count). The van der Waals surface area contributed by atoms with Gasteiger partial charge in [-0.2, -0.15) is 5.10 Å². The summed E-state index contributed by atoms with van der Waals surface area (Å²) >= 11 is 0. The van der Waals surface area contributed by atoms with E-state index >= 15 is 0 Å². The normalized spacial score (nSPS) is 17.3. The number of ether oxygens (including phenoxy) is 2. The molecule has 0 aliphatic carbocycles. The van der Waals surface area contributed by atoms with E-state index in [1.807, 2.05) is 50.2 Å². The van der Waals surface area contributed by atoms with Gasteiger partial charge in [0, 0.05) is 29.9 Å². The van der Waals surface area contributed by atoms with Crippen LogP contribution in [0.2, 0.25) is 0 Å². The number of nitrogens with one attached hydrogen (secondary N) is 2. The van der Waals surface area contributed by atoms with Crippen LogP contribution in [0, 0.1) is 0 Å². The van der Waals surface area contributed by atoms with Crippen LogP contribution in [0.15, 0.2) is 77.6 Å². The molecular formula is C27H27N3O3. The lowest BCUT2D eigenvalue weighted by atomic mass is 9.80. The molecule has 1 aromatic heterocycles. The average Bonchev–Trinajstić information content (AvgIpc) is 2.86. The minimum absolute atomic E-state index is 0.0388. The van der Waals surface area contributed by atoms with E-state index < -0.39 is 0 Å². The first kappa shape index (κ1) is 21.4. The van der Waals surface area contributed by atoms with Crippen molar-refractivity contribution in [2.45, 2.75) is 32.1 Å². The van der Waals surface area contributed by atoms with Gasteiger partial charge in [0.1, 0.15) is 0 Å². The zero-order valence-corrected chi connectivity index (χ0v) is 18.7. The average molecular weight is 442 g/mol. The molecule has 0 saturated heterocycles. The largest absolute Gasteiger partial charge is 0.377 e. The summed E-state index contributed by atoms with van der Waals surface area (Å²) in [4.78, 5) is 12.5. The van der Waals surface area contributed by atoms with E-state index in [2.05, 4.69) is 51.9 Å². The Morgan fingerprint density at radius 2 is 1.61 bits per heavy atom. The Morgan fingerprint density at radius 1 is 0.879 bits per heavy atom. The van der Waals surface area contributed by atoms with Gasteiger partial charge in [-0.25, -0.2) is 5.10 Å². The van der Waals surface area contributed by atoms with Crippen molar-refractivity contribution in [3.63, 3.8) is 0 Å². The molecule has 1 aliphatic rings. The Labute approximate surface area is 192 Å². The van der Waals surface area contributed by atoms with E-state index in [0.29, 0.717) is 18.6 Å². The second-order valence-electron chi connectivity index (χ2n) is 8.09. The zero-order chi connectivity index (χ0) is 22.8. The molecule has 0 bridgehead atoms. The summed E-state index contributed by atoms with van der Waals surface area (Å²) in [6.07, 6.45) is -0.387. The summed E-state index contributed by atoms with van der Waals surface area (Å²) in [5, 5.41) is 12.5. The summed E-state index contributed by atoms with van der Waals surface area (Å²) in [5.41, 5.74) is 4.84. The van der Waals surface area contributed by atoms with Gasteiger partial charge >= 0.3 is 0 Å². The maximum absolute atomic E-state index is 12.5. The molecule has 2 N–H and O–H groups in total. The SMILES string of the molecule is CCOC(OCC)c1ccc(C2c3n[nH]c(=O)c4cccc(c34)NC2c2ccccc2)cc1. The van der Waals surface area contributed by atoms with Crippen LogP contribution in [0.25, 0.3) is 10.8 Å². The smallest absolute Gasteiger partial charge is 0.272 e. The van der Waals surface area contributed by atoms with Crippen LogP contribution >= 0.6 is 0 Å². The molecule has 0 spiro atoms. The molecule has 6 heteroatoms. The quantitative estimate of drug-likeness (QED) is 0.381. The number of H-pyrrole nitrogens is 1. The third-order valence-corrected chi connectivity index (χ3v) is 6.14. The Balaban J connectivity index is 1.64. The number of benzene rings is 3. The maximum Gasteiger partial charge on any atom is 0.272 e. The molecular weight excluding hydrogens is 414 g/mol. The van der Waals surface area contributed by atoms with Crippen molar-refractivity contribution < 1.29 is 9.47 Å². The molecule has 0 saturated carbocycles. The molecule has 2 unspecified atom stereocenters. The molecule has 0 radical (unpaired) electrons. The van der Waals surface area contributed by atoms with E-state index in [4.69, 9.17) is 9.47 Å². The molecule has 2 atom stereocenters. The highest BCUT2D eigenvalue weighted by atomic mass is 16.7. The minimum atomic E-state index is -0.387. The predicted molar refractivity (Wildman–Crippen MR) is 129 cm³/mol. The number of rotatable bonds is 7. The van der Waals surface area contributed by atoms with E-state index in [1.165, 1.54) is 0 Å². The van der Waals surface area contributed by atoms with Crippen LogP contribution < -0.4 is 10.9 Å². The van der Waals surface area contributed by atoms with Crippen LogP contribution in [-0.4, -0.2) is 23.4 Å². The Bertz CT molecular complexity index is 1300. The molecule has 4 aromatic rings. The highest BCUT2D eigenvalue weighted by Crippen LogP contribution is 2.46. The number of aromatic nitrogens is 2. The molecule has 0 amide bonds. The van der Waals surface area contributed by atoms with E-state index in [9.17, 15) is 4.79 Å². The molecule has 6 nitrogen and oxygen atoms in total. The molecule has 168 valence electrons. The third-order valence-electron chi connectivity index (χ3n) is 6.14. The van der Waals surface area contributed by atoms with Gasteiger partial charge in [-0.05, 0) is 37.1 Å². The lowest BCUT2D eigenvalue weighted by Gasteiger charge is -2.35. The molecule has 33 heavy (non-hydrogen) atoms. The van der Waals surface area contributed by atoms with E-state index in [0.717, 1.165) is 33.5 Å². The summed E-state index contributed by atoms with van der Waals surface area (Å²) in [6, 6.07) is 24.4. The van der Waals surface area contributed by atoms with Gasteiger partial charge in [-0.1, -0.05) is 60.7 Å². The lowest BCUT2D eigenvalue weighted by Crippen LogP contribution is -2.28.